The molecular formula is C26H25N3O4S2. The van der Waals surface area contributed by atoms with Gasteiger partial charge in [0.1, 0.15) is 4.83 Å². The quantitative estimate of drug-likeness (QED) is 0.181. The standard InChI is InChI=1S/C26H25N3O4S2/c1-4-33-25(32)18-6-5-7-19(12-18)27-21(30)14-35-26-28-23(31)22-20(13-34-24(22)29-26)17-10-8-16(9-11-17)15(2)3/h5-13,15H,4,14H2,1-3H3,(H,27,30)(H,28,29,31). The Balaban J connectivity index is 1.45. The average molecular weight is 508 g/mol. The highest BCUT2D eigenvalue weighted by Gasteiger charge is 2.15. The van der Waals surface area contributed by atoms with Crippen molar-refractivity contribution >= 4 is 50.9 Å². The molecule has 0 aliphatic heterocycles. The summed E-state index contributed by atoms with van der Waals surface area (Å²) in [4.78, 5) is 45.2. The second-order valence-corrected chi connectivity index (χ2v) is 9.94. The van der Waals surface area contributed by atoms with Crippen LogP contribution in [0.15, 0.2) is 63.9 Å². The number of amides is 1. The Morgan fingerprint density at radius 1 is 1.17 bits per heavy atom. The van der Waals surface area contributed by atoms with Crippen LogP contribution < -0.4 is 10.9 Å². The van der Waals surface area contributed by atoms with Crippen LogP contribution in [0.5, 0.6) is 0 Å². The Morgan fingerprint density at radius 3 is 2.66 bits per heavy atom. The van der Waals surface area contributed by atoms with Gasteiger partial charge in [-0.2, -0.15) is 0 Å². The van der Waals surface area contributed by atoms with Gasteiger partial charge in [-0.1, -0.05) is 55.9 Å². The van der Waals surface area contributed by atoms with Gasteiger partial charge in [0.05, 0.1) is 23.3 Å². The zero-order chi connectivity index (χ0) is 24.9. The van der Waals surface area contributed by atoms with Gasteiger partial charge >= 0.3 is 5.97 Å². The van der Waals surface area contributed by atoms with Crippen LogP contribution in [0, 0.1) is 0 Å². The maximum Gasteiger partial charge on any atom is 0.338 e. The number of fused-ring (bicyclic) bond motifs is 1. The fourth-order valence-corrected chi connectivity index (χ4v) is 5.19. The number of aromatic amines is 1. The minimum absolute atomic E-state index is 0.0486. The highest BCUT2D eigenvalue weighted by Crippen LogP contribution is 2.32. The molecule has 0 saturated carbocycles. The van der Waals surface area contributed by atoms with Gasteiger partial charge in [-0.3, -0.25) is 9.59 Å². The first kappa shape index (κ1) is 24.7. The molecule has 2 heterocycles. The lowest BCUT2D eigenvalue weighted by atomic mass is 9.99. The number of ether oxygens (including phenoxy) is 1. The largest absolute Gasteiger partial charge is 0.462 e. The van der Waals surface area contributed by atoms with Crippen molar-refractivity contribution in [3.05, 3.63) is 75.4 Å². The number of thiophene rings is 1. The van der Waals surface area contributed by atoms with E-state index in [1.807, 2.05) is 17.5 Å². The fraction of sp³-hybridized carbons (Fsp3) is 0.231. The normalized spacial score (nSPS) is 11.1. The Morgan fingerprint density at radius 2 is 1.94 bits per heavy atom. The second kappa shape index (κ2) is 10.9. The van der Waals surface area contributed by atoms with Gasteiger partial charge in [0.2, 0.25) is 5.91 Å². The van der Waals surface area contributed by atoms with E-state index in [1.54, 1.807) is 31.2 Å². The number of benzene rings is 2. The fourth-order valence-electron chi connectivity index (χ4n) is 3.53. The van der Waals surface area contributed by atoms with Crippen LogP contribution in [0.4, 0.5) is 5.69 Å². The minimum Gasteiger partial charge on any atom is -0.462 e. The van der Waals surface area contributed by atoms with Crippen molar-refractivity contribution in [3.8, 4) is 11.1 Å². The van der Waals surface area contributed by atoms with E-state index in [-0.39, 0.29) is 23.8 Å². The number of H-pyrrole nitrogens is 1. The van der Waals surface area contributed by atoms with Crippen LogP contribution in [0.1, 0.15) is 42.6 Å². The van der Waals surface area contributed by atoms with Crippen LogP contribution >= 0.6 is 23.1 Å². The van der Waals surface area contributed by atoms with Crippen molar-refractivity contribution in [2.75, 3.05) is 17.7 Å². The molecule has 0 radical (unpaired) electrons. The molecule has 4 rings (SSSR count). The molecule has 2 aromatic carbocycles. The number of carbonyl (C=O) groups excluding carboxylic acids is 2. The molecule has 35 heavy (non-hydrogen) atoms. The van der Waals surface area contributed by atoms with Crippen molar-refractivity contribution in [2.45, 2.75) is 31.8 Å². The van der Waals surface area contributed by atoms with Gasteiger partial charge < -0.3 is 15.0 Å². The lowest BCUT2D eigenvalue weighted by Crippen LogP contribution is -2.16. The van der Waals surface area contributed by atoms with E-state index in [4.69, 9.17) is 4.74 Å². The molecule has 1 amide bonds. The smallest absolute Gasteiger partial charge is 0.338 e. The zero-order valence-corrected chi connectivity index (χ0v) is 21.2. The number of thioether (sulfide) groups is 1. The summed E-state index contributed by atoms with van der Waals surface area (Å²) in [6.45, 7) is 6.29. The summed E-state index contributed by atoms with van der Waals surface area (Å²) < 4.78 is 4.99. The van der Waals surface area contributed by atoms with Crippen LogP contribution in [0.3, 0.4) is 0 Å². The van der Waals surface area contributed by atoms with Gasteiger partial charge in [-0.05, 0) is 42.2 Å². The molecule has 4 aromatic rings. The second-order valence-electron chi connectivity index (χ2n) is 8.12. The van der Waals surface area contributed by atoms with Gasteiger partial charge in [0.15, 0.2) is 5.16 Å². The molecular weight excluding hydrogens is 482 g/mol. The minimum atomic E-state index is -0.445. The van der Waals surface area contributed by atoms with Crippen molar-refractivity contribution in [1.82, 2.24) is 9.97 Å². The van der Waals surface area contributed by atoms with E-state index in [9.17, 15) is 14.4 Å². The first-order valence-corrected chi connectivity index (χ1v) is 13.0. The molecule has 0 spiro atoms. The summed E-state index contributed by atoms with van der Waals surface area (Å²) in [5.41, 5.74) is 3.68. The van der Waals surface area contributed by atoms with Gasteiger partial charge in [0.25, 0.3) is 5.56 Å². The van der Waals surface area contributed by atoms with E-state index >= 15 is 0 Å². The Hall–Kier alpha value is -3.43. The molecule has 0 aliphatic rings. The number of aromatic nitrogens is 2. The molecule has 0 atom stereocenters. The maximum atomic E-state index is 12.9. The van der Waals surface area contributed by atoms with E-state index < -0.39 is 5.97 Å². The number of nitrogens with one attached hydrogen (secondary N) is 2. The first-order chi connectivity index (χ1) is 16.9. The Bertz CT molecular complexity index is 1420. The van der Waals surface area contributed by atoms with Gasteiger partial charge in [-0.25, -0.2) is 9.78 Å². The topological polar surface area (TPSA) is 101 Å². The highest BCUT2D eigenvalue weighted by molar-refractivity contribution is 7.99. The van der Waals surface area contributed by atoms with E-state index in [0.717, 1.165) is 22.9 Å². The molecule has 7 nitrogen and oxygen atoms in total. The summed E-state index contributed by atoms with van der Waals surface area (Å²) in [6.07, 6.45) is 0. The number of hydrogen-bond acceptors (Lipinski definition) is 7. The molecule has 2 N–H and O–H groups in total. The summed E-state index contributed by atoms with van der Waals surface area (Å²) in [5, 5.41) is 5.62. The monoisotopic (exact) mass is 507 g/mol. The predicted octanol–water partition coefficient (Wildman–Crippen LogP) is 5.68. The van der Waals surface area contributed by atoms with Crippen molar-refractivity contribution in [3.63, 3.8) is 0 Å². The van der Waals surface area contributed by atoms with Crippen LogP contribution in [0.2, 0.25) is 0 Å². The number of nitrogens with zero attached hydrogens (tertiary/aromatic N) is 1. The van der Waals surface area contributed by atoms with Crippen molar-refractivity contribution < 1.29 is 14.3 Å². The molecule has 9 heteroatoms. The summed E-state index contributed by atoms with van der Waals surface area (Å²) in [5.74, 6) is -0.241. The van der Waals surface area contributed by atoms with Crippen molar-refractivity contribution in [1.29, 1.82) is 0 Å². The molecule has 0 unspecified atom stereocenters. The van der Waals surface area contributed by atoms with E-state index in [0.29, 0.717) is 32.5 Å². The molecule has 0 fully saturated rings. The van der Waals surface area contributed by atoms with Gasteiger partial charge in [0, 0.05) is 16.6 Å². The number of rotatable bonds is 8. The summed E-state index contributed by atoms with van der Waals surface area (Å²) in [7, 11) is 0. The van der Waals surface area contributed by atoms with Gasteiger partial charge in [-0.15, -0.1) is 11.3 Å². The molecule has 0 bridgehead atoms. The van der Waals surface area contributed by atoms with Crippen LogP contribution in [-0.2, 0) is 9.53 Å². The number of esters is 1. The number of hydrogen-bond donors (Lipinski definition) is 2. The average Bonchev–Trinajstić information content (AvgIpc) is 3.28. The third-order valence-corrected chi connectivity index (χ3v) is 7.05. The Labute approximate surface area is 210 Å². The summed E-state index contributed by atoms with van der Waals surface area (Å²) >= 11 is 2.55. The van der Waals surface area contributed by atoms with Crippen molar-refractivity contribution in [2.24, 2.45) is 0 Å². The zero-order valence-electron chi connectivity index (χ0n) is 19.6. The number of carbonyl (C=O) groups is 2. The molecule has 2 aromatic heterocycles. The first-order valence-electron chi connectivity index (χ1n) is 11.2. The molecule has 0 aliphatic carbocycles. The lowest BCUT2D eigenvalue weighted by molar-refractivity contribution is -0.113. The SMILES string of the molecule is CCOC(=O)c1cccc(NC(=O)CSc2nc3scc(-c4ccc(C(C)C)cc4)c3c(=O)[nH]2)c1. The van der Waals surface area contributed by atoms with Crippen LogP contribution in [-0.4, -0.2) is 34.2 Å². The Kier molecular flexibility index (Phi) is 7.67. The third-order valence-electron chi connectivity index (χ3n) is 5.31. The highest BCUT2D eigenvalue weighted by atomic mass is 32.2. The third kappa shape index (κ3) is 5.80. The molecule has 180 valence electrons. The maximum absolute atomic E-state index is 12.9. The van der Waals surface area contributed by atoms with Crippen LogP contribution in [0.25, 0.3) is 21.3 Å². The lowest BCUT2D eigenvalue weighted by Gasteiger charge is -2.07. The van der Waals surface area contributed by atoms with E-state index in [1.165, 1.54) is 16.9 Å². The number of anilines is 1. The summed E-state index contributed by atoms with van der Waals surface area (Å²) in [6, 6.07) is 14.8. The van der Waals surface area contributed by atoms with E-state index in [2.05, 4.69) is 41.3 Å². The molecule has 0 saturated heterocycles. The predicted molar refractivity (Wildman–Crippen MR) is 142 cm³/mol.